The van der Waals surface area contributed by atoms with E-state index < -0.39 is 10.0 Å². The fraction of sp³-hybridized carbons (Fsp3) is 0.368. The Balaban J connectivity index is 1.92. The Morgan fingerprint density at radius 2 is 1.72 bits per heavy atom. The van der Waals surface area contributed by atoms with Gasteiger partial charge in [-0.3, -0.25) is 0 Å². The molecule has 25 heavy (non-hydrogen) atoms. The van der Waals surface area contributed by atoms with Gasteiger partial charge in [0.2, 0.25) is 10.0 Å². The minimum absolute atomic E-state index is 0.172. The van der Waals surface area contributed by atoms with Gasteiger partial charge >= 0.3 is 0 Å². The lowest BCUT2D eigenvalue weighted by molar-refractivity contribution is 0.298. The van der Waals surface area contributed by atoms with Crippen LogP contribution < -0.4 is 14.2 Å². The second-order valence-electron chi connectivity index (χ2n) is 6.12. The van der Waals surface area contributed by atoms with E-state index >= 15 is 0 Å². The van der Waals surface area contributed by atoms with Crippen LogP contribution in [0, 0.1) is 6.92 Å². The van der Waals surface area contributed by atoms with Crippen LogP contribution >= 0.6 is 0 Å². The molecule has 0 aliphatic heterocycles. The highest BCUT2D eigenvalue weighted by molar-refractivity contribution is 7.89. The monoisotopic (exact) mass is 363 g/mol. The predicted molar refractivity (Wildman–Crippen MR) is 98.9 cm³/mol. The minimum Gasteiger partial charge on any atom is -0.493 e. The van der Waals surface area contributed by atoms with E-state index in [-0.39, 0.29) is 18.0 Å². The van der Waals surface area contributed by atoms with E-state index in [0.717, 1.165) is 11.1 Å². The first kappa shape index (κ1) is 19.3. The Kier molecular flexibility index (Phi) is 6.45. The second kappa shape index (κ2) is 8.36. The lowest BCUT2D eigenvalue weighted by atomic mass is 10.0. The number of ether oxygens (including phenoxy) is 2. The van der Waals surface area contributed by atoms with Crippen molar-refractivity contribution >= 4 is 10.0 Å². The van der Waals surface area contributed by atoms with Gasteiger partial charge in [-0.1, -0.05) is 32.0 Å². The van der Waals surface area contributed by atoms with Crippen molar-refractivity contribution in [2.24, 2.45) is 0 Å². The molecule has 0 fully saturated rings. The quantitative estimate of drug-likeness (QED) is 0.729. The summed E-state index contributed by atoms with van der Waals surface area (Å²) >= 11 is 0. The van der Waals surface area contributed by atoms with Gasteiger partial charge in [-0.15, -0.1) is 0 Å². The van der Waals surface area contributed by atoms with Crippen LogP contribution in [0.3, 0.4) is 0 Å². The third-order valence-electron chi connectivity index (χ3n) is 3.83. The molecule has 0 aliphatic rings. The van der Waals surface area contributed by atoms with Crippen molar-refractivity contribution in [1.82, 2.24) is 4.72 Å². The first-order valence-electron chi connectivity index (χ1n) is 8.20. The van der Waals surface area contributed by atoms with E-state index in [1.54, 1.807) is 19.2 Å². The third-order valence-corrected chi connectivity index (χ3v) is 5.30. The molecular formula is C19H25NO4S. The molecule has 0 unspecified atom stereocenters. The first-order chi connectivity index (χ1) is 11.8. The lowest BCUT2D eigenvalue weighted by Gasteiger charge is -2.12. The number of rotatable bonds is 8. The molecule has 2 rings (SSSR count). The molecule has 1 N–H and O–H groups in total. The zero-order valence-electron chi connectivity index (χ0n) is 15.1. The van der Waals surface area contributed by atoms with Gasteiger partial charge in [0.25, 0.3) is 0 Å². The van der Waals surface area contributed by atoms with Crippen molar-refractivity contribution in [3.05, 3.63) is 53.6 Å². The number of sulfonamides is 1. The van der Waals surface area contributed by atoms with Gasteiger partial charge in [-0.05, 0) is 48.2 Å². The zero-order chi connectivity index (χ0) is 18.4. The Morgan fingerprint density at radius 3 is 2.32 bits per heavy atom. The van der Waals surface area contributed by atoms with Gasteiger partial charge in [0.05, 0.1) is 12.0 Å². The number of benzene rings is 2. The summed E-state index contributed by atoms with van der Waals surface area (Å²) in [6.07, 6.45) is 0. The largest absolute Gasteiger partial charge is 0.493 e. The van der Waals surface area contributed by atoms with E-state index in [1.165, 1.54) is 0 Å². The van der Waals surface area contributed by atoms with Crippen LogP contribution in [-0.2, 0) is 10.0 Å². The summed E-state index contributed by atoms with van der Waals surface area (Å²) in [5, 5.41) is 0. The summed E-state index contributed by atoms with van der Waals surface area (Å²) < 4.78 is 38.0. The normalized spacial score (nSPS) is 11.6. The van der Waals surface area contributed by atoms with E-state index in [9.17, 15) is 8.42 Å². The molecule has 0 atom stereocenters. The molecule has 0 saturated heterocycles. The van der Waals surface area contributed by atoms with Crippen LogP contribution in [0.1, 0.15) is 30.9 Å². The van der Waals surface area contributed by atoms with E-state index in [2.05, 4.69) is 18.6 Å². The van der Waals surface area contributed by atoms with Crippen molar-refractivity contribution in [2.75, 3.05) is 20.3 Å². The van der Waals surface area contributed by atoms with E-state index in [1.807, 2.05) is 37.3 Å². The second-order valence-corrected chi connectivity index (χ2v) is 7.89. The number of hydrogen-bond acceptors (Lipinski definition) is 4. The van der Waals surface area contributed by atoms with Crippen LogP contribution in [0.4, 0.5) is 0 Å². The maximum absolute atomic E-state index is 12.3. The smallest absolute Gasteiger partial charge is 0.240 e. The van der Waals surface area contributed by atoms with Crippen molar-refractivity contribution < 1.29 is 17.9 Å². The molecule has 2 aromatic carbocycles. The van der Waals surface area contributed by atoms with Crippen LogP contribution in [0.2, 0.25) is 0 Å². The van der Waals surface area contributed by atoms with Gasteiger partial charge in [-0.2, -0.15) is 0 Å². The Morgan fingerprint density at radius 1 is 1.04 bits per heavy atom. The van der Waals surface area contributed by atoms with Crippen molar-refractivity contribution in [3.63, 3.8) is 0 Å². The standard InChI is InChI=1S/C19H25NO4S/c1-14(2)16-6-8-17(9-7-16)25(21,22)20-11-12-24-18-10-5-15(3)13-19(18)23-4/h5-10,13-14,20H,11-12H2,1-4H3. The molecular weight excluding hydrogens is 338 g/mol. The summed E-state index contributed by atoms with van der Waals surface area (Å²) in [4.78, 5) is 0.254. The van der Waals surface area contributed by atoms with Gasteiger partial charge in [0.15, 0.2) is 11.5 Å². The SMILES string of the molecule is COc1cc(C)ccc1OCCNS(=O)(=O)c1ccc(C(C)C)cc1. The van der Waals surface area contributed by atoms with Crippen molar-refractivity contribution in [1.29, 1.82) is 0 Å². The fourth-order valence-corrected chi connectivity index (χ4v) is 3.36. The average Bonchev–Trinajstić information content (AvgIpc) is 2.59. The van der Waals surface area contributed by atoms with Gasteiger partial charge in [0, 0.05) is 6.54 Å². The number of hydrogen-bond donors (Lipinski definition) is 1. The van der Waals surface area contributed by atoms with Gasteiger partial charge in [0.1, 0.15) is 6.61 Å². The van der Waals surface area contributed by atoms with Crippen LogP contribution in [0.5, 0.6) is 11.5 Å². The summed E-state index contributed by atoms with van der Waals surface area (Å²) in [6.45, 7) is 6.48. The van der Waals surface area contributed by atoms with Crippen molar-refractivity contribution in [3.8, 4) is 11.5 Å². The first-order valence-corrected chi connectivity index (χ1v) is 9.69. The number of methoxy groups -OCH3 is 1. The highest BCUT2D eigenvalue weighted by Crippen LogP contribution is 2.27. The fourth-order valence-electron chi connectivity index (χ4n) is 2.35. The third kappa shape index (κ3) is 5.21. The van der Waals surface area contributed by atoms with Crippen molar-refractivity contribution in [2.45, 2.75) is 31.6 Å². The topological polar surface area (TPSA) is 64.6 Å². The molecule has 2 aromatic rings. The van der Waals surface area contributed by atoms with Gasteiger partial charge in [-0.25, -0.2) is 13.1 Å². The van der Waals surface area contributed by atoms with E-state index in [0.29, 0.717) is 17.4 Å². The Bertz CT molecular complexity index is 799. The predicted octanol–water partition coefficient (Wildman–Crippen LogP) is 3.48. The highest BCUT2D eigenvalue weighted by atomic mass is 32.2. The Hall–Kier alpha value is -2.05. The van der Waals surface area contributed by atoms with E-state index in [4.69, 9.17) is 9.47 Å². The lowest BCUT2D eigenvalue weighted by Crippen LogP contribution is -2.28. The molecule has 0 amide bonds. The summed E-state index contributed by atoms with van der Waals surface area (Å²) in [7, 11) is -1.97. The summed E-state index contributed by atoms with van der Waals surface area (Å²) in [5.74, 6) is 1.59. The molecule has 0 bridgehead atoms. The number of nitrogens with one attached hydrogen (secondary N) is 1. The van der Waals surface area contributed by atoms with Crippen LogP contribution in [0.25, 0.3) is 0 Å². The molecule has 0 aliphatic carbocycles. The average molecular weight is 363 g/mol. The maximum Gasteiger partial charge on any atom is 0.240 e. The molecule has 0 heterocycles. The minimum atomic E-state index is -3.54. The zero-order valence-corrected chi connectivity index (χ0v) is 15.9. The summed E-state index contributed by atoms with van der Waals surface area (Å²) in [5.41, 5.74) is 2.17. The summed E-state index contributed by atoms with van der Waals surface area (Å²) in [6, 6.07) is 12.5. The molecule has 0 spiro atoms. The molecule has 5 nitrogen and oxygen atoms in total. The molecule has 0 radical (unpaired) electrons. The number of aryl methyl sites for hydroxylation is 1. The molecule has 0 aromatic heterocycles. The maximum atomic E-state index is 12.3. The molecule has 0 saturated carbocycles. The van der Waals surface area contributed by atoms with Crippen LogP contribution in [0.15, 0.2) is 47.4 Å². The Labute approximate surface area is 150 Å². The van der Waals surface area contributed by atoms with Gasteiger partial charge < -0.3 is 9.47 Å². The van der Waals surface area contributed by atoms with Crippen LogP contribution in [-0.4, -0.2) is 28.7 Å². The highest BCUT2D eigenvalue weighted by Gasteiger charge is 2.14. The molecule has 6 heteroatoms. The molecule has 136 valence electrons.